The van der Waals surface area contributed by atoms with Crippen LogP contribution in [0.1, 0.15) is 28.7 Å². The van der Waals surface area contributed by atoms with Crippen LogP contribution in [0.15, 0.2) is 103 Å². The van der Waals surface area contributed by atoms with E-state index in [4.69, 9.17) is 9.57 Å². The predicted octanol–water partition coefficient (Wildman–Crippen LogP) is 5.61. The predicted molar refractivity (Wildman–Crippen MR) is 171 cm³/mol. The molecule has 0 spiro atoms. The van der Waals surface area contributed by atoms with Crippen LogP contribution < -0.4 is 14.5 Å². The maximum Gasteiger partial charge on any atom is 0.262 e. The fraction of sp³-hybridized carbons (Fsp3) is 0.235. The van der Waals surface area contributed by atoms with E-state index in [9.17, 15) is 18.4 Å². The quantitative estimate of drug-likeness (QED) is 0.141. The van der Waals surface area contributed by atoms with Crippen molar-refractivity contribution in [2.45, 2.75) is 38.8 Å². The first-order valence-corrected chi connectivity index (χ1v) is 15.2. The molecule has 0 aliphatic heterocycles. The third-order valence-corrected chi connectivity index (χ3v) is 7.69. The van der Waals surface area contributed by atoms with Crippen molar-refractivity contribution in [3.05, 3.63) is 125 Å². The molecule has 4 aromatic rings. The zero-order valence-electron chi connectivity index (χ0n) is 25.0. The fourth-order valence-corrected chi connectivity index (χ4v) is 5.18. The second-order valence-electron chi connectivity index (χ2n) is 10.5. The van der Waals surface area contributed by atoms with Crippen LogP contribution >= 0.6 is 0 Å². The monoisotopic (exact) mass is 615 g/mol. The normalized spacial score (nSPS) is 12.2. The third kappa shape index (κ3) is 9.50. The summed E-state index contributed by atoms with van der Waals surface area (Å²) >= 11 is -2.42. The summed E-state index contributed by atoms with van der Waals surface area (Å²) in [5.74, 6) is 0.765. The van der Waals surface area contributed by atoms with Gasteiger partial charge in [0.05, 0.1) is 12.3 Å². The second kappa shape index (κ2) is 15.8. The van der Waals surface area contributed by atoms with E-state index in [2.05, 4.69) is 5.48 Å². The maximum absolute atomic E-state index is 13.1. The lowest BCUT2D eigenvalue weighted by molar-refractivity contribution is -0.134. The minimum absolute atomic E-state index is 0.192. The summed E-state index contributed by atoms with van der Waals surface area (Å²) in [5.41, 5.74) is 6.74. The van der Waals surface area contributed by atoms with E-state index in [1.807, 2.05) is 85.8 Å². The van der Waals surface area contributed by atoms with Crippen LogP contribution in [0.5, 0.6) is 11.5 Å². The number of amides is 2. The molecule has 0 aliphatic rings. The number of aryl methyl sites for hydroxylation is 2. The van der Waals surface area contributed by atoms with Gasteiger partial charge in [0.1, 0.15) is 17.5 Å². The molecule has 0 fully saturated rings. The van der Waals surface area contributed by atoms with Crippen LogP contribution in [-0.2, 0) is 45.1 Å². The molecular formula is C34H37N3O6S. The van der Waals surface area contributed by atoms with Crippen LogP contribution in [0.3, 0.4) is 0 Å². The topological polar surface area (TPSA) is 108 Å². The highest BCUT2D eigenvalue weighted by Crippen LogP contribution is 2.26. The molecule has 0 heterocycles. The molecule has 0 aromatic heterocycles. The Balaban J connectivity index is 1.32. The molecule has 4 rings (SSSR count). The van der Waals surface area contributed by atoms with E-state index in [1.165, 1.54) is 9.21 Å². The molecule has 44 heavy (non-hydrogen) atoms. The first-order chi connectivity index (χ1) is 21.2. The average Bonchev–Trinajstić information content (AvgIpc) is 3.02. The standard InChI is InChI=1S/C34H37N3O6S/c1-25-9-16-29(17-10-25)37(44(40)41)32(34(39)36(2)3)23-27-13-20-31(21-14-27)43-30-18-11-26(12-19-30)15-22-33(38)35-42-24-28-7-5-4-6-8-28/h4-14,16-21,32H,15,22-24H2,1-3H3,(H,35,38)(H,40,41). The maximum atomic E-state index is 13.1. The molecule has 230 valence electrons. The zero-order chi connectivity index (χ0) is 31.5. The van der Waals surface area contributed by atoms with Crippen molar-refractivity contribution >= 4 is 28.8 Å². The largest absolute Gasteiger partial charge is 0.457 e. The minimum Gasteiger partial charge on any atom is -0.457 e. The number of hydroxylamine groups is 1. The fourth-order valence-electron chi connectivity index (χ4n) is 4.50. The highest BCUT2D eigenvalue weighted by molar-refractivity contribution is 7.80. The first-order valence-electron chi connectivity index (χ1n) is 14.2. The molecule has 4 aromatic carbocycles. The Morgan fingerprint density at radius 1 is 0.818 bits per heavy atom. The van der Waals surface area contributed by atoms with Gasteiger partial charge in [0, 0.05) is 26.9 Å². The molecule has 2 amide bonds. The number of nitrogens with one attached hydrogen (secondary N) is 1. The number of hydrogen-bond donors (Lipinski definition) is 2. The first kappa shape index (κ1) is 32.4. The van der Waals surface area contributed by atoms with Gasteiger partial charge in [-0.25, -0.2) is 9.69 Å². The number of likely N-dealkylation sites (N-methyl/N-ethyl adjacent to an activating group) is 1. The van der Waals surface area contributed by atoms with Gasteiger partial charge in [-0.05, 0) is 66.4 Å². The van der Waals surface area contributed by atoms with Crippen molar-refractivity contribution in [2.75, 3.05) is 18.4 Å². The number of ether oxygens (including phenoxy) is 1. The minimum atomic E-state index is -2.42. The Labute approximate surface area is 260 Å². The summed E-state index contributed by atoms with van der Waals surface area (Å²) in [5, 5.41) is 0. The summed E-state index contributed by atoms with van der Waals surface area (Å²) < 4.78 is 29.8. The van der Waals surface area contributed by atoms with Gasteiger partial charge in [-0.2, -0.15) is 0 Å². The van der Waals surface area contributed by atoms with Crippen molar-refractivity contribution in [1.29, 1.82) is 0 Å². The number of nitrogens with zero attached hydrogens (tertiary/aromatic N) is 2. The Kier molecular flexibility index (Phi) is 11.6. The Morgan fingerprint density at radius 3 is 1.98 bits per heavy atom. The van der Waals surface area contributed by atoms with Gasteiger partial charge in [-0.15, -0.1) is 0 Å². The Morgan fingerprint density at radius 2 is 1.41 bits per heavy atom. The van der Waals surface area contributed by atoms with Crippen LogP contribution in [0, 0.1) is 6.92 Å². The van der Waals surface area contributed by atoms with E-state index < -0.39 is 17.3 Å². The number of carbonyl (C=O) groups is 2. The van der Waals surface area contributed by atoms with Gasteiger partial charge in [0.25, 0.3) is 11.3 Å². The lowest BCUT2D eigenvalue weighted by Crippen LogP contribution is -2.48. The van der Waals surface area contributed by atoms with E-state index in [0.717, 1.165) is 22.3 Å². The van der Waals surface area contributed by atoms with Gasteiger partial charge in [-0.3, -0.25) is 23.3 Å². The molecule has 0 saturated heterocycles. The van der Waals surface area contributed by atoms with Gasteiger partial charge in [-0.1, -0.05) is 72.3 Å². The molecule has 0 saturated carbocycles. The van der Waals surface area contributed by atoms with Gasteiger partial charge in [0.15, 0.2) is 0 Å². The average molecular weight is 616 g/mol. The lowest BCUT2D eigenvalue weighted by Gasteiger charge is -2.31. The molecule has 0 radical (unpaired) electrons. The second-order valence-corrected chi connectivity index (χ2v) is 11.4. The van der Waals surface area contributed by atoms with E-state index in [0.29, 0.717) is 36.6 Å². The molecule has 2 N–H and O–H groups in total. The van der Waals surface area contributed by atoms with Gasteiger partial charge >= 0.3 is 0 Å². The van der Waals surface area contributed by atoms with Gasteiger partial charge in [0.2, 0.25) is 11.8 Å². The Bertz CT molecular complexity index is 1530. The number of anilines is 1. The van der Waals surface area contributed by atoms with Crippen molar-refractivity contribution in [1.82, 2.24) is 10.4 Å². The smallest absolute Gasteiger partial charge is 0.262 e. The zero-order valence-corrected chi connectivity index (χ0v) is 25.8. The molecular weight excluding hydrogens is 578 g/mol. The van der Waals surface area contributed by atoms with Gasteiger partial charge < -0.3 is 9.64 Å². The van der Waals surface area contributed by atoms with Crippen LogP contribution in [0.4, 0.5) is 5.69 Å². The van der Waals surface area contributed by atoms with Crippen LogP contribution in [0.25, 0.3) is 0 Å². The number of carbonyl (C=O) groups excluding carboxylic acids is 2. The number of hydrogen-bond acceptors (Lipinski definition) is 5. The van der Waals surface area contributed by atoms with E-state index >= 15 is 0 Å². The summed E-state index contributed by atoms with van der Waals surface area (Å²) in [7, 11) is 3.25. The van der Waals surface area contributed by atoms with E-state index in [1.54, 1.807) is 38.4 Å². The Hall–Kier alpha value is -4.51. The van der Waals surface area contributed by atoms with Crippen molar-refractivity contribution in [3.8, 4) is 11.5 Å². The molecule has 2 atom stereocenters. The summed E-state index contributed by atoms with van der Waals surface area (Å²) in [6.07, 6.45) is 1.07. The third-order valence-electron chi connectivity index (χ3n) is 6.89. The van der Waals surface area contributed by atoms with Crippen LogP contribution in [0.2, 0.25) is 0 Å². The lowest BCUT2D eigenvalue weighted by atomic mass is 10.0. The van der Waals surface area contributed by atoms with E-state index in [-0.39, 0.29) is 18.2 Å². The molecule has 0 aliphatic carbocycles. The SMILES string of the molecule is Cc1ccc(N(C(Cc2ccc(Oc3ccc(CCC(=O)NOCc4ccccc4)cc3)cc2)C(=O)N(C)C)S(=O)O)cc1. The summed E-state index contributed by atoms with van der Waals surface area (Å²) in [4.78, 5) is 32.0. The van der Waals surface area contributed by atoms with Crippen LogP contribution in [-0.4, -0.2) is 45.6 Å². The number of rotatable bonds is 14. The highest BCUT2D eigenvalue weighted by Gasteiger charge is 2.31. The number of benzene rings is 4. The van der Waals surface area contributed by atoms with Crippen molar-refractivity contribution in [3.63, 3.8) is 0 Å². The summed E-state index contributed by atoms with van der Waals surface area (Å²) in [6.45, 7) is 2.24. The molecule has 10 heteroatoms. The molecule has 9 nitrogen and oxygen atoms in total. The molecule has 0 bridgehead atoms. The molecule has 2 unspecified atom stereocenters. The van der Waals surface area contributed by atoms with Crippen molar-refractivity contribution in [2.24, 2.45) is 0 Å². The summed E-state index contributed by atoms with van der Waals surface area (Å²) in [6, 6.07) is 30.6. The van der Waals surface area contributed by atoms with Crippen molar-refractivity contribution < 1.29 is 27.9 Å². The highest BCUT2D eigenvalue weighted by atomic mass is 32.2.